The number of fused-ring (bicyclic) bond motifs is 1. The van der Waals surface area contributed by atoms with Crippen LogP contribution in [0.15, 0.2) is 61.2 Å². The summed E-state index contributed by atoms with van der Waals surface area (Å²) in [6, 6.07) is 12.2. The second kappa shape index (κ2) is 9.70. The number of ether oxygens (including phenoxy) is 1. The van der Waals surface area contributed by atoms with Crippen LogP contribution in [-0.4, -0.2) is 33.6 Å². The van der Waals surface area contributed by atoms with E-state index in [4.69, 9.17) is 4.74 Å². The SMILES string of the molecule is CCc1ccc2nc(N(CCCn3ccnc3)C(=O)COc3ccccc3F)sc2c1. The Kier molecular flexibility index (Phi) is 6.57. The van der Waals surface area contributed by atoms with Crippen LogP contribution in [0.25, 0.3) is 10.2 Å². The zero-order chi connectivity index (χ0) is 21.6. The number of anilines is 1. The lowest BCUT2D eigenvalue weighted by molar-refractivity contribution is -0.120. The molecule has 0 aliphatic rings. The maximum absolute atomic E-state index is 13.9. The van der Waals surface area contributed by atoms with Gasteiger partial charge in [0.2, 0.25) is 0 Å². The first-order valence-corrected chi connectivity index (χ1v) is 11.0. The molecule has 0 radical (unpaired) electrons. The van der Waals surface area contributed by atoms with E-state index >= 15 is 0 Å². The first kappa shape index (κ1) is 21.0. The second-order valence-corrected chi connectivity index (χ2v) is 8.08. The standard InChI is InChI=1S/C23H23FN4O2S/c1-2-17-8-9-19-21(14-17)31-23(26-19)28(12-5-11-27-13-10-25-16-27)22(29)15-30-20-7-4-3-6-18(20)24/h3-4,6-10,13-14,16H,2,5,11-12,15H2,1H3. The molecule has 0 unspecified atom stereocenters. The van der Waals surface area contributed by atoms with E-state index in [2.05, 4.69) is 29.0 Å². The number of rotatable bonds is 9. The van der Waals surface area contributed by atoms with Crippen LogP contribution in [0.2, 0.25) is 0 Å². The molecule has 31 heavy (non-hydrogen) atoms. The predicted molar refractivity (Wildman–Crippen MR) is 120 cm³/mol. The molecule has 1 amide bonds. The topological polar surface area (TPSA) is 60.2 Å². The number of nitrogens with zero attached hydrogens (tertiary/aromatic N) is 4. The molecule has 0 bridgehead atoms. The minimum absolute atomic E-state index is 0.0612. The summed E-state index contributed by atoms with van der Waals surface area (Å²) in [6.45, 7) is 3.04. The van der Waals surface area contributed by atoms with Gasteiger partial charge in [-0.3, -0.25) is 9.69 Å². The van der Waals surface area contributed by atoms with Gasteiger partial charge in [0.15, 0.2) is 23.3 Å². The van der Waals surface area contributed by atoms with Crippen LogP contribution >= 0.6 is 11.3 Å². The number of hydrogen-bond donors (Lipinski definition) is 0. The average Bonchev–Trinajstić information content (AvgIpc) is 3.45. The molecule has 2 aromatic heterocycles. The van der Waals surface area contributed by atoms with Crippen LogP contribution in [-0.2, 0) is 17.8 Å². The van der Waals surface area contributed by atoms with E-state index in [1.54, 1.807) is 29.6 Å². The van der Waals surface area contributed by atoms with Gasteiger partial charge in [-0.15, -0.1) is 0 Å². The number of halogens is 1. The summed E-state index contributed by atoms with van der Waals surface area (Å²) in [5.74, 6) is -0.691. The fourth-order valence-corrected chi connectivity index (χ4v) is 4.30. The molecule has 4 rings (SSSR count). The molecule has 0 spiro atoms. The van der Waals surface area contributed by atoms with Gasteiger partial charge in [-0.1, -0.05) is 36.5 Å². The molecule has 0 atom stereocenters. The van der Waals surface area contributed by atoms with E-state index in [0.29, 0.717) is 11.7 Å². The molecule has 0 saturated heterocycles. The van der Waals surface area contributed by atoms with Crippen molar-refractivity contribution < 1.29 is 13.9 Å². The van der Waals surface area contributed by atoms with Gasteiger partial charge in [-0.25, -0.2) is 14.4 Å². The zero-order valence-corrected chi connectivity index (χ0v) is 18.0. The molecular weight excluding hydrogens is 415 g/mol. The van der Waals surface area contributed by atoms with Crippen molar-refractivity contribution in [3.8, 4) is 5.75 Å². The van der Waals surface area contributed by atoms with Gasteiger partial charge < -0.3 is 9.30 Å². The number of aromatic nitrogens is 3. The second-order valence-electron chi connectivity index (χ2n) is 7.07. The third kappa shape index (κ3) is 5.08. The summed E-state index contributed by atoms with van der Waals surface area (Å²) in [6.07, 6.45) is 7.02. The Morgan fingerprint density at radius 3 is 2.90 bits per heavy atom. The largest absolute Gasteiger partial charge is 0.481 e. The number of para-hydroxylation sites is 1. The Hall–Kier alpha value is -3.26. The lowest BCUT2D eigenvalue weighted by Crippen LogP contribution is -2.36. The third-order valence-corrected chi connectivity index (χ3v) is 5.97. The summed E-state index contributed by atoms with van der Waals surface area (Å²) >= 11 is 1.48. The van der Waals surface area contributed by atoms with E-state index in [9.17, 15) is 9.18 Å². The minimum Gasteiger partial charge on any atom is -0.481 e. The summed E-state index contributed by atoms with van der Waals surface area (Å²) in [5.41, 5.74) is 2.09. The van der Waals surface area contributed by atoms with Crippen LogP contribution in [0.3, 0.4) is 0 Å². The molecule has 160 valence electrons. The highest BCUT2D eigenvalue weighted by Crippen LogP contribution is 2.30. The van der Waals surface area contributed by atoms with E-state index in [0.717, 1.165) is 29.6 Å². The van der Waals surface area contributed by atoms with E-state index < -0.39 is 5.82 Å². The molecule has 0 fully saturated rings. The summed E-state index contributed by atoms with van der Waals surface area (Å²) in [4.78, 5) is 23.4. The summed E-state index contributed by atoms with van der Waals surface area (Å²) in [7, 11) is 0. The Balaban J connectivity index is 1.52. The molecule has 0 aliphatic carbocycles. The van der Waals surface area contributed by atoms with Gasteiger partial charge in [-0.2, -0.15) is 0 Å². The van der Waals surface area contributed by atoms with Gasteiger partial charge in [0.05, 0.1) is 16.5 Å². The van der Waals surface area contributed by atoms with Crippen molar-refractivity contribution in [3.05, 3.63) is 72.6 Å². The van der Waals surface area contributed by atoms with Crippen molar-refractivity contribution in [2.45, 2.75) is 26.3 Å². The summed E-state index contributed by atoms with van der Waals surface area (Å²) < 4.78 is 22.3. The highest BCUT2D eigenvalue weighted by Gasteiger charge is 2.21. The fourth-order valence-electron chi connectivity index (χ4n) is 3.23. The number of carbonyl (C=O) groups excluding carboxylic acids is 1. The van der Waals surface area contributed by atoms with Gasteiger partial charge >= 0.3 is 0 Å². The Bertz CT molecular complexity index is 1160. The number of amides is 1. The molecule has 0 saturated carbocycles. The first-order chi connectivity index (χ1) is 15.1. The maximum Gasteiger partial charge on any atom is 0.266 e. The van der Waals surface area contributed by atoms with Crippen molar-refractivity contribution in [2.24, 2.45) is 0 Å². The van der Waals surface area contributed by atoms with Crippen LogP contribution in [0.1, 0.15) is 18.9 Å². The Morgan fingerprint density at radius 2 is 2.13 bits per heavy atom. The molecule has 2 heterocycles. The summed E-state index contributed by atoms with van der Waals surface area (Å²) in [5, 5.41) is 0.621. The molecule has 2 aromatic carbocycles. The van der Waals surface area contributed by atoms with Gasteiger partial charge in [0.1, 0.15) is 0 Å². The van der Waals surface area contributed by atoms with Crippen molar-refractivity contribution in [2.75, 3.05) is 18.1 Å². The van der Waals surface area contributed by atoms with Crippen molar-refractivity contribution in [3.63, 3.8) is 0 Å². The first-order valence-electron chi connectivity index (χ1n) is 10.2. The minimum atomic E-state index is -0.492. The molecule has 4 aromatic rings. The maximum atomic E-state index is 13.9. The number of imidazole rings is 1. The van der Waals surface area contributed by atoms with Crippen LogP contribution < -0.4 is 9.64 Å². The number of hydrogen-bond acceptors (Lipinski definition) is 5. The molecule has 8 heteroatoms. The molecule has 6 nitrogen and oxygen atoms in total. The van der Waals surface area contributed by atoms with Crippen LogP contribution in [0, 0.1) is 5.82 Å². The number of carbonyl (C=O) groups is 1. The van der Waals surface area contributed by atoms with E-state index in [1.165, 1.54) is 29.0 Å². The third-order valence-electron chi connectivity index (χ3n) is 4.93. The highest BCUT2D eigenvalue weighted by atomic mass is 32.1. The fraction of sp³-hybridized carbons (Fsp3) is 0.261. The van der Waals surface area contributed by atoms with E-state index in [-0.39, 0.29) is 18.3 Å². The van der Waals surface area contributed by atoms with Crippen LogP contribution in [0.4, 0.5) is 9.52 Å². The smallest absolute Gasteiger partial charge is 0.266 e. The van der Waals surface area contributed by atoms with Gasteiger partial charge in [-0.05, 0) is 42.7 Å². The molecule has 0 N–H and O–H groups in total. The molecular formula is C23H23FN4O2S. The monoisotopic (exact) mass is 438 g/mol. The van der Waals surface area contributed by atoms with Crippen molar-refractivity contribution in [1.82, 2.24) is 14.5 Å². The highest BCUT2D eigenvalue weighted by molar-refractivity contribution is 7.22. The zero-order valence-electron chi connectivity index (χ0n) is 17.2. The Morgan fingerprint density at radius 1 is 1.26 bits per heavy atom. The van der Waals surface area contributed by atoms with Crippen molar-refractivity contribution in [1.29, 1.82) is 0 Å². The van der Waals surface area contributed by atoms with Gasteiger partial charge in [0.25, 0.3) is 5.91 Å². The number of thiazole rings is 1. The molecule has 0 aliphatic heterocycles. The average molecular weight is 439 g/mol. The van der Waals surface area contributed by atoms with Gasteiger partial charge in [0, 0.05) is 25.5 Å². The normalized spacial score (nSPS) is 11.0. The van der Waals surface area contributed by atoms with Crippen LogP contribution in [0.5, 0.6) is 5.75 Å². The Labute approximate surface area is 183 Å². The number of benzene rings is 2. The lowest BCUT2D eigenvalue weighted by atomic mass is 10.2. The quantitative estimate of drug-likeness (QED) is 0.380. The van der Waals surface area contributed by atoms with Crippen molar-refractivity contribution >= 4 is 32.6 Å². The predicted octanol–water partition coefficient (Wildman–Crippen LogP) is 4.70. The lowest BCUT2D eigenvalue weighted by Gasteiger charge is -2.20. The number of aryl methyl sites for hydroxylation is 2. The van der Waals surface area contributed by atoms with E-state index in [1.807, 2.05) is 16.8 Å².